The summed E-state index contributed by atoms with van der Waals surface area (Å²) >= 11 is 2.89. The van der Waals surface area contributed by atoms with Gasteiger partial charge in [-0.1, -0.05) is 30.3 Å². The number of aromatic nitrogens is 2. The first-order valence-electron chi connectivity index (χ1n) is 6.67. The Hall–Kier alpha value is -2.44. The van der Waals surface area contributed by atoms with Crippen molar-refractivity contribution in [3.05, 3.63) is 47.2 Å². The van der Waals surface area contributed by atoms with Gasteiger partial charge in [-0.15, -0.1) is 22.7 Å². The van der Waals surface area contributed by atoms with Crippen molar-refractivity contribution in [1.82, 2.24) is 9.97 Å². The van der Waals surface area contributed by atoms with E-state index < -0.39 is 0 Å². The molecule has 0 saturated heterocycles. The molecule has 108 valence electrons. The summed E-state index contributed by atoms with van der Waals surface area (Å²) in [6.07, 6.45) is 0. The van der Waals surface area contributed by atoms with Gasteiger partial charge in [-0.25, -0.2) is 9.97 Å². The summed E-state index contributed by atoms with van der Waals surface area (Å²) in [5, 5.41) is 5.11. The molecule has 0 aromatic carbocycles. The minimum absolute atomic E-state index is 0.573. The number of anilines is 2. The Bertz CT molecular complexity index is 853. The third-order valence-corrected chi connectivity index (χ3v) is 4.85. The minimum atomic E-state index is 0.573. The average Bonchev–Trinajstić information content (AvgIpc) is 3.14. The topological polar surface area (TPSA) is 77.8 Å². The van der Waals surface area contributed by atoms with Gasteiger partial charge in [0.25, 0.3) is 0 Å². The van der Waals surface area contributed by atoms with E-state index in [1.54, 1.807) is 0 Å². The molecular formula is C16H12N4S2. The van der Waals surface area contributed by atoms with Crippen LogP contribution < -0.4 is 11.5 Å². The number of thiazole rings is 2. The summed E-state index contributed by atoms with van der Waals surface area (Å²) < 4.78 is 0. The molecule has 4 nitrogen and oxygen atoms in total. The van der Waals surface area contributed by atoms with Crippen LogP contribution in [0.2, 0.25) is 0 Å². The van der Waals surface area contributed by atoms with E-state index in [0.29, 0.717) is 10.3 Å². The summed E-state index contributed by atoms with van der Waals surface area (Å²) in [6.45, 7) is 0. The maximum Gasteiger partial charge on any atom is 0.180 e. The van der Waals surface area contributed by atoms with Crippen LogP contribution in [-0.2, 0) is 0 Å². The van der Waals surface area contributed by atoms with Crippen molar-refractivity contribution in [1.29, 1.82) is 0 Å². The largest absolute Gasteiger partial charge is 0.375 e. The lowest BCUT2D eigenvalue weighted by molar-refractivity contribution is 1.41. The summed E-state index contributed by atoms with van der Waals surface area (Å²) in [5.74, 6) is 0. The van der Waals surface area contributed by atoms with Crippen LogP contribution in [0.3, 0.4) is 0 Å². The highest BCUT2D eigenvalue weighted by Crippen LogP contribution is 2.43. The normalized spacial score (nSPS) is 11.1. The molecule has 0 aliphatic heterocycles. The molecule has 0 radical (unpaired) electrons. The van der Waals surface area contributed by atoms with Gasteiger partial charge in [-0.05, 0) is 17.2 Å². The van der Waals surface area contributed by atoms with E-state index in [1.807, 2.05) is 29.0 Å². The van der Waals surface area contributed by atoms with Crippen LogP contribution in [0.15, 0.2) is 47.2 Å². The highest BCUT2D eigenvalue weighted by Gasteiger charge is 2.20. The molecular weight excluding hydrogens is 312 g/mol. The molecule has 2 heterocycles. The van der Waals surface area contributed by atoms with Crippen LogP contribution in [0.4, 0.5) is 10.3 Å². The van der Waals surface area contributed by atoms with Crippen LogP contribution in [0, 0.1) is 0 Å². The second kappa shape index (κ2) is 5.08. The Kier molecular flexibility index (Phi) is 3.06. The second-order valence-electron chi connectivity index (χ2n) is 4.85. The van der Waals surface area contributed by atoms with Crippen LogP contribution in [0.5, 0.6) is 0 Å². The zero-order valence-electron chi connectivity index (χ0n) is 11.5. The molecule has 22 heavy (non-hydrogen) atoms. The van der Waals surface area contributed by atoms with Gasteiger partial charge in [0.15, 0.2) is 10.3 Å². The van der Waals surface area contributed by atoms with E-state index in [0.717, 1.165) is 33.6 Å². The van der Waals surface area contributed by atoms with E-state index in [2.05, 4.69) is 28.2 Å². The van der Waals surface area contributed by atoms with Gasteiger partial charge >= 0.3 is 0 Å². The molecule has 0 fully saturated rings. The van der Waals surface area contributed by atoms with Gasteiger partial charge in [0.2, 0.25) is 0 Å². The zero-order chi connectivity index (χ0) is 15.1. The van der Waals surface area contributed by atoms with Gasteiger partial charge in [0.05, 0.1) is 11.4 Å². The average molecular weight is 324 g/mol. The third kappa shape index (κ3) is 2.13. The number of hydrogen-bond acceptors (Lipinski definition) is 6. The first-order chi connectivity index (χ1) is 10.7. The van der Waals surface area contributed by atoms with E-state index >= 15 is 0 Å². The molecule has 0 unspecified atom stereocenters. The zero-order valence-corrected chi connectivity index (χ0v) is 13.1. The number of fused-ring (bicyclic) bond motifs is 1. The van der Waals surface area contributed by atoms with Gasteiger partial charge < -0.3 is 11.5 Å². The summed E-state index contributed by atoms with van der Waals surface area (Å²) in [7, 11) is 0. The van der Waals surface area contributed by atoms with Crippen molar-refractivity contribution < 1.29 is 0 Å². The van der Waals surface area contributed by atoms with Crippen molar-refractivity contribution in [3.8, 4) is 33.6 Å². The molecule has 0 spiro atoms. The van der Waals surface area contributed by atoms with E-state index in [1.165, 1.54) is 22.7 Å². The molecule has 0 bridgehead atoms. The van der Waals surface area contributed by atoms with Crippen molar-refractivity contribution in [2.75, 3.05) is 11.5 Å². The molecule has 2 aromatic rings. The Morgan fingerprint density at radius 1 is 0.682 bits per heavy atom. The standard InChI is InChI=1S/C16H12N4S2/c17-15-19-13(7-21-15)11-6-12(14-8-22-16(18)20-14)10-5-3-1-2-4-9(10)11/h1-8H,(H2,17,19)(H2,18,20). The van der Waals surface area contributed by atoms with Crippen molar-refractivity contribution in [2.24, 2.45) is 0 Å². The number of nitrogens with two attached hydrogens (primary N) is 2. The SMILES string of the molecule is Nc1nc(-c2cc(-c3csc(N)n3)c3cccccc2-3)cs1. The predicted molar refractivity (Wildman–Crippen MR) is 94.1 cm³/mol. The predicted octanol–water partition coefficient (Wildman–Crippen LogP) is 4.20. The highest BCUT2D eigenvalue weighted by molar-refractivity contribution is 7.14. The maximum atomic E-state index is 5.79. The van der Waals surface area contributed by atoms with Crippen LogP contribution in [0.25, 0.3) is 33.6 Å². The molecule has 2 aromatic heterocycles. The van der Waals surface area contributed by atoms with Crippen molar-refractivity contribution in [3.63, 3.8) is 0 Å². The monoisotopic (exact) mass is 324 g/mol. The Morgan fingerprint density at radius 3 is 1.59 bits per heavy atom. The second-order valence-corrected chi connectivity index (χ2v) is 6.63. The molecule has 4 N–H and O–H groups in total. The number of nitrogen functional groups attached to an aromatic ring is 2. The molecule has 0 atom stereocenters. The smallest absolute Gasteiger partial charge is 0.180 e. The van der Waals surface area contributed by atoms with E-state index in [-0.39, 0.29) is 0 Å². The number of nitrogens with zero attached hydrogens (tertiary/aromatic N) is 2. The van der Waals surface area contributed by atoms with Crippen molar-refractivity contribution in [2.45, 2.75) is 0 Å². The number of rotatable bonds is 2. The van der Waals surface area contributed by atoms with Gasteiger partial charge in [-0.2, -0.15) is 0 Å². The quantitative estimate of drug-likeness (QED) is 0.579. The molecule has 2 aliphatic carbocycles. The Labute approximate surface area is 135 Å². The first kappa shape index (κ1) is 13.2. The number of hydrogen-bond donors (Lipinski definition) is 2. The third-order valence-electron chi connectivity index (χ3n) is 3.50. The summed E-state index contributed by atoms with van der Waals surface area (Å²) in [4.78, 5) is 8.83. The molecule has 0 amide bonds. The van der Waals surface area contributed by atoms with E-state index in [4.69, 9.17) is 11.5 Å². The van der Waals surface area contributed by atoms with Crippen molar-refractivity contribution >= 4 is 32.9 Å². The molecule has 0 saturated carbocycles. The minimum Gasteiger partial charge on any atom is -0.375 e. The van der Waals surface area contributed by atoms with Crippen LogP contribution in [0.1, 0.15) is 0 Å². The van der Waals surface area contributed by atoms with Crippen LogP contribution in [-0.4, -0.2) is 9.97 Å². The summed E-state index contributed by atoms with van der Waals surface area (Å²) in [6, 6.07) is 12.4. The molecule has 2 aliphatic rings. The fraction of sp³-hybridized carbons (Fsp3) is 0. The lowest BCUT2D eigenvalue weighted by Crippen LogP contribution is -1.82. The first-order valence-corrected chi connectivity index (χ1v) is 8.43. The van der Waals surface area contributed by atoms with Gasteiger partial charge in [0.1, 0.15) is 0 Å². The lowest BCUT2D eigenvalue weighted by atomic mass is 10.1. The molecule has 4 rings (SSSR count). The maximum absolute atomic E-state index is 5.79. The van der Waals surface area contributed by atoms with Crippen LogP contribution >= 0.6 is 22.7 Å². The lowest BCUT2D eigenvalue weighted by Gasteiger charge is -1.99. The highest BCUT2D eigenvalue weighted by atomic mass is 32.1. The fourth-order valence-corrected chi connectivity index (χ4v) is 3.69. The fourth-order valence-electron chi connectivity index (χ4n) is 2.56. The molecule has 6 heteroatoms. The Balaban J connectivity index is 1.99. The Morgan fingerprint density at radius 2 is 1.18 bits per heavy atom. The van der Waals surface area contributed by atoms with Gasteiger partial charge in [0, 0.05) is 21.9 Å². The van der Waals surface area contributed by atoms with Gasteiger partial charge in [-0.3, -0.25) is 0 Å². The summed E-state index contributed by atoms with van der Waals surface area (Å²) in [5.41, 5.74) is 17.8. The van der Waals surface area contributed by atoms with E-state index in [9.17, 15) is 0 Å².